The maximum atomic E-state index is 4.78. The van der Waals surface area contributed by atoms with Crippen molar-refractivity contribution in [3.8, 4) is 0 Å². The van der Waals surface area contributed by atoms with Gasteiger partial charge < -0.3 is 10.2 Å². The minimum Gasteiger partial charge on any atom is -0.370 e. The molecule has 0 radical (unpaired) electrons. The van der Waals surface area contributed by atoms with Gasteiger partial charge in [0.05, 0.1) is 0 Å². The summed E-state index contributed by atoms with van der Waals surface area (Å²) < 4.78 is 1.86. The lowest BCUT2D eigenvalue weighted by Gasteiger charge is -2.40. The van der Waals surface area contributed by atoms with Gasteiger partial charge in [-0.15, -0.1) is 15.3 Å². The maximum absolute atomic E-state index is 4.78. The van der Waals surface area contributed by atoms with Crippen molar-refractivity contribution in [3.63, 3.8) is 0 Å². The van der Waals surface area contributed by atoms with Gasteiger partial charge in [0.15, 0.2) is 17.1 Å². The zero-order valence-electron chi connectivity index (χ0n) is 16.7. The zero-order chi connectivity index (χ0) is 20.0. The summed E-state index contributed by atoms with van der Waals surface area (Å²) in [6.45, 7) is 9.12. The van der Waals surface area contributed by atoms with Gasteiger partial charge in [-0.3, -0.25) is 4.98 Å². The van der Waals surface area contributed by atoms with Crippen molar-refractivity contribution in [1.29, 1.82) is 0 Å². The summed E-state index contributed by atoms with van der Waals surface area (Å²) in [5.41, 5.74) is 2.14. The molecule has 1 aliphatic heterocycles. The fourth-order valence-electron chi connectivity index (χ4n) is 3.50. The third-order valence-electron chi connectivity index (χ3n) is 5.10. The number of pyridine rings is 1. The molecule has 0 saturated carbocycles. The van der Waals surface area contributed by atoms with Crippen LogP contribution in [0.4, 0.5) is 11.6 Å². The molecule has 4 aromatic rings. The summed E-state index contributed by atoms with van der Waals surface area (Å²) in [6, 6.07) is 7.89. The molecular formula is C20H23N9. The molecule has 148 valence electrons. The topological polar surface area (TPSA) is 97.0 Å². The van der Waals surface area contributed by atoms with Crippen LogP contribution >= 0.6 is 0 Å². The van der Waals surface area contributed by atoms with E-state index in [4.69, 9.17) is 5.10 Å². The highest BCUT2D eigenvalue weighted by atomic mass is 15.4. The average Bonchev–Trinajstić information content (AvgIpc) is 3.10. The van der Waals surface area contributed by atoms with Crippen LogP contribution in [-0.2, 0) is 5.41 Å². The van der Waals surface area contributed by atoms with E-state index < -0.39 is 0 Å². The molecule has 0 spiro atoms. The normalized spacial score (nSPS) is 15.1. The van der Waals surface area contributed by atoms with Gasteiger partial charge in [0.25, 0.3) is 0 Å². The Kier molecular flexibility index (Phi) is 4.04. The van der Waals surface area contributed by atoms with Crippen molar-refractivity contribution in [2.75, 3.05) is 29.9 Å². The Labute approximate surface area is 168 Å². The average molecular weight is 389 g/mol. The monoisotopic (exact) mass is 389 g/mol. The first-order chi connectivity index (χ1) is 14.0. The summed E-state index contributed by atoms with van der Waals surface area (Å²) in [7, 11) is 0. The smallest absolute Gasteiger partial charge is 0.180 e. The number of aromatic nitrogens is 7. The van der Waals surface area contributed by atoms with E-state index in [0.717, 1.165) is 48.3 Å². The highest BCUT2D eigenvalue weighted by molar-refractivity contribution is 5.71. The quantitative estimate of drug-likeness (QED) is 0.568. The highest BCUT2D eigenvalue weighted by Gasteiger charge is 2.29. The van der Waals surface area contributed by atoms with Crippen LogP contribution in [0.3, 0.4) is 0 Å². The summed E-state index contributed by atoms with van der Waals surface area (Å²) in [5.74, 6) is 3.20. The second kappa shape index (κ2) is 6.61. The number of nitrogens with one attached hydrogen (secondary N) is 1. The minimum atomic E-state index is -0.107. The molecule has 5 heterocycles. The first-order valence-electron chi connectivity index (χ1n) is 9.77. The van der Waals surface area contributed by atoms with Crippen molar-refractivity contribution in [1.82, 2.24) is 34.8 Å². The van der Waals surface area contributed by atoms with E-state index in [1.165, 1.54) is 0 Å². The predicted molar refractivity (Wildman–Crippen MR) is 111 cm³/mol. The van der Waals surface area contributed by atoms with Crippen LogP contribution < -0.4 is 10.2 Å². The summed E-state index contributed by atoms with van der Waals surface area (Å²) in [6.07, 6.45) is 3.34. The number of anilines is 2. The molecule has 9 nitrogen and oxygen atoms in total. The molecule has 1 N–H and O–H groups in total. The van der Waals surface area contributed by atoms with Crippen LogP contribution in [0.15, 0.2) is 36.7 Å². The number of rotatable bonds is 4. The van der Waals surface area contributed by atoms with Crippen molar-refractivity contribution in [2.24, 2.45) is 5.92 Å². The Morgan fingerprint density at radius 3 is 2.69 bits per heavy atom. The Morgan fingerprint density at radius 2 is 1.86 bits per heavy atom. The molecule has 5 rings (SSSR count). The molecule has 1 fully saturated rings. The lowest BCUT2D eigenvalue weighted by molar-refractivity contribution is 0.423. The largest absolute Gasteiger partial charge is 0.370 e. The van der Waals surface area contributed by atoms with Crippen LogP contribution in [0.1, 0.15) is 26.6 Å². The van der Waals surface area contributed by atoms with E-state index in [1.54, 1.807) is 12.4 Å². The number of fused-ring (bicyclic) bond motifs is 2. The molecular weight excluding hydrogens is 366 g/mol. The van der Waals surface area contributed by atoms with Crippen LogP contribution in [0.5, 0.6) is 0 Å². The van der Waals surface area contributed by atoms with Gasteiger partial charge >= 0.3 is 0 Å². The molecule has 1 aliphatic rings. The molecule has 4 aromatic heterocycles. The van der Waals surface area contributed by atoms with Crippen molar-refractivity contribution in [2.45, 2.75) is 26.2 Å². The fourth-order valence-corrected chi connectivity index (χ4v) is 3.50. The van der Waals surface area contributed by atoms with Gasteiger partial charge in [0.1, 0.15) is 17.2 Å². The van der Waals surface area contributed by atoms with E-state index in [-0.39, 0.29) is 5.41 Å². The van der Waals surface area contributed by atoms with Crippen LogP contribution in [0.25, 0.3) is 16.8 Å². The molecule has 0 aliphatic carbocycles. The van der Waals surface area contributed by atoms with E-state index in [0.29, 0.717) is 11.6 Å². The molecule has 0 unspecified atom stereocenters. The Balaban J connectivity index is 1.23. The van der Waals surface area contributed by atoms with E-state index >= 15 is 0 Å². The number of hydrogen-bond donors (Lipinski definition) is 1. The van der Waals surface area contributed by atoms with Crippen LogP contribution in [-0.4, -0.2) is 54.4 Å². The molecule has 0 atom stereocenters. The predicted octanol–water partition coefficient (Wildman–Crippen LogP) is 2.31. The molecule has 9 heteroatoms. The lowest BCUT2D eigenvalue weighted by atomic mass is 9.96. The van der Waals surface area contributed by atoms with Gasteiger partial charge in [-0.05, 0) is 24.3 Å². The summed E-state index contributed by atoms with van der Waals surface area (Å²) in [4.78, 5) is 15.3. The Morgan fingerprint density at radius 1 is 1.03 bits per heavy atom. The molecule has 0 bridgehead atoms. The van der Waals surface area contributed by atoms with Gasteiger partial charge in [0, 0.05) is 43.4 Å². The Bertz CT molecular complexity index is 1170. The van der Waals surface area contributed by atoms with Crippen LogP contribution in [0.2, 0.25) is 0 Å². The highest BCUT2D eigenvalue weighted by Crippen LogP contribution is 2.25. The molecule has 29 heavy (non-hydrogen) atoms. The van der Waals surface area contributed by atoms with Crippen molar-refractivity contribution < 1.29 is 0 Å². The molecule has 0 amide bonds. The summed E-state index contributed by atoms with van der Waals surface area (Å²) in [5, 5.41) is 16.7. The number of hydrogen-bond acceptors (Lipinski definition) is 8. The SMILES string of the molecule is CC(C)(C)c1nnc2ccc(N3CC(CNc4ccc5nccnc5n4)C3)nn12. The zero-order valence-corrected chi connectivity index (χ0v) is 16.7. The second-order valence-electron chi connectivity index (χ2n) is 8.48. The lowest BCUT2D eigenvalue weighted by Crippen LogP contribution is -2.50. The molecule has 0 aromatic carbocycles. The van der Waals surface area contributed by atoms with Crippen LogP contribution in [0, 0.1) is 5.92 Å². The first kappa shape index (κ1) is 17.7. The number of nitrogens with zero attached hydrogens (tertiary/aromatic N) is 8. The summed E-state index contributed by atoms with van der Waals surface area (Å²) >= 11 is 0. The van der Waals surface area contributed by atoms with Crippen molar-refractivity contribution in [3.05, 3.63) is 42.5 Å². The van der Waals surface area contributed by atoms with Gasteiger partial charge in [0.2, 0.25) is 0 Å². The first-order valence-corrected chi connectivity index (χ1v) is 9.77. The van der Waals surface area contributed by atoms with Gasteiger partial charge in [-0.25, -0.2) is 9.97 Å². The minimum absolute atomic E-state index is 0.107. The van der Waals surface area contributed by atoms with E-state index in [2.05, 4.69) is 56.1 Å². The van der Waals surface area contributed by atoms with E-state index in [9.17, 15) is 0 Å². The van der Waals surface area contributed by atoms with Crippen molar-refractivity contribution >= 4 is 28.4 Å². The third kappa shape index (κ3) is 3.32. The fraction of sp³-hybridized carbons (Fsp3) is 0.400. The third-order valence-corrected chi connectivity index (χ3v) is 5.10. The Hall–Kier alpha value is -3.36. The van der Waals surface area contributed by atoms with E-state index in [1.807, 2.05) is 28.8 Å². The molecule has 1 saturated heterocycles. The van der Waals surface area contributed by atoms with Gasteiger partial charge in [-0.2, -0.15) is 4.52 Å². The second-order valence-corrected chi connectivity index (χ2v) is 8.48. The van der Waals surface area contributed by atoms with Gasteiger partial charge in [-0.1, -0.05) is 20.8 Å². The maximum Gasteiger partial charge on any atom is 0.180 e. The standard InChI is InChI=1S/C20H23N9/c1-20(2,3)19-26-25-16-6-7-17(27-29(16)19)28-11-13(12-28)10-23-15-5-4-14-18(24-15)22-9-8-21-14/h4-9,13H,10-12H2,1-3H3,(H,22,23,24).